The van der Waals surface area contributed by atoms with Gasteiger partial charge in [0.15, 0.2) is 0 Å². The number of hydrogen-bond donors (Lipinski definition) is 2. The Morgan fingerprint density at radius 2 is 2.40 bits per heavy atom. The van der Waals surface area contributed by atoms with Crippen LogP contribution in [0.2, 0.25) is 0 Å². The highest BCUT2D eigenvalue weighted by atomic mass is 16.5. The maximum Gasteiger partial charge on any atom is 0.259 e. The summed E-state index contributed by atoms with van der Waals surface area (Å²) in [5.41, 5.74) is 2.00. The van der Waals surface area contributed by atoms with Crippen molar-refractivity contribution in [2.45, 2.75) is 12.8 Å². The molecule has 1 aliphatic rings. The van der Waals surface area contributed by atoms with Crippen molar-refractivity contribution in [3.8, 4) is 0 Å². The zero-order valence-corrected chi connectivity index (χ0v) is 5.80. The van der Waals surface area contributed by atoms with Crippen LogP contribution in [0, 0.1) is 5.92 Å². The molecule has 0 saturated heterocycles. The van der Waals surface area contributed by atoms with E-state index in [1.165, 1.54) is 12.8 Å². The number of hydrogen-bond acceptors (Lipinski definition) is 3. The normalized spacial score (nSPS) is 16.9. The summed E-state index contributed by atoms with van der Waals surface area (Å²) in [6.07, 6.45) is 2.48. The lowest BCUT2D eigenvalue weighted by Gasteiger charge is -1.99. The number of ether oxygens (including phenoxy) is 1. The summed E-state index contributed by atoms with van der Waals surface area (Å²) in [5, 5.41) is 0. The average molecular weight is 144 g/mol. The molecule has 0 heterocycles. The van der Waals surface area contributed by atoms with Gasteiger partial charge in [-0.15, -0.1) is 0 Å². The van der Waals surface area contributed by atoms with Gasteiger partial charge in [-0.25, -0.2) is 5.84 Å². The molecule has 0 unspecified atom stereocenters. The lowest BCUT2D eigenvalue weighted by atomic mass is 10.5. The molecule has 1 rings (SSSR count). The molecule has 1 amide bonds. The molecule has 1 saturated carbocycles. The van der Waals surface area contributed by atoms with Crippen molar-refractivity contribution in [2.24, 2.45) is 11.8 Å². The fraction of sp³-hybridized carbons (Fsp3) is 0.833. The molecule has 0 aromatic carbocycles. The Kier molecular flexibility index (Phi) is 2.65. The second-order valence-corrected chi connectivity index (χ2v) is 2.53. The van der Waals surface area contributed by atoms with Gasteiger partial charge in [0.2, 0.25) is 0 Å². The van der Waals surface area contributed by atoms with Crippen LogP contribution in [-0.2, 0) is 9.53 Å². The zero-order chi connectivity index (χ0) is 7.40. The van der Waals surface area contributed by atoms with Crippen molar-refractivity contribution in [2.75, 3.05) is 13.2 Å². The molecule has 0 radical (unpaired) electrons. The molecule has 0 aliphatic heterocycles. The molecule has 3 N–H and O–H groups in total. The Morgan fingerprint density at radius 3 is 2.90 bits per heavy atom. The van der Waals surface area contributed by atoms with E-state index in [-0.39, 0.29) is 12.5 Å². The van der Waals surface area contributed by atoms with E-state index in [1.54, 1.807) is 0 Å². The van der Waals surface area contributed by atoms with Gasteiger partial charge in [-0.3, -0.25) is 10.2 Å². The molecule has 0 aromatic rings. The molecule has 4 nitrogen and oxygen atoms in total. The van der Waals surface area contributed by atoms with Crippen LogP contribution in [0.15, 0.2) is 0 Å². The summed E-state index contributed by atoms with van der Waals surface area (Å²) in [4.78, 5) is 10.5. The molecule has 10 heavy (non-hydrogen) atoms. The molecule has 1 aliphatic carbocycles. The van der Waals surface area contributed by atoms with E-state index in [2.05, 4.69) is 0 Å². The molecular formula is C6H12N2O2. The number of carbonyl (C=O) groups excluding carboxylic acids is 1. The van der Waals surface area contributed by atoms with Crippen molar-refractivity contribution >= 4 is 5.91 Å². The van der Waals surface area contributed by atoms with Crippen LogP contribution in [0.5, 0.6) is 0 Å². The first-order valence-electron chi connectivity index (χ1n) is 3.40. The predicted molar refractivity (Wildman–Crippen MR) is 35.9 cm³/mol. The summed E-state index contributed by atoms with van der Waals surface area (Å²) < 4.78 is 5.02. The minimum absolute atomic E-state index is 0.0903. The number of nitrogens with two attached hydrogens (primary N) is 1. The Bertz CT molecular complexity index is 123. The Hall–Kier alpha value is -0.610. The molecule has 0 atom stereocenters. The number of rotatable bonds is 4. The first kappa shape index (κ1) is 7.50. The smallest absolute Gasteiger partial charge is 0.259 e. The van der Waals surface area contributed by atoms with Crippen molar-refractivity contribution in [1.82, 2.24) is 5.43 Å². The van der Waals surface area contributed by atoms with Crippen molar-refractivity contribution in [3.05, 3.63) is 0 Å². The van der Waals surface area contributed by atoms with E-state index in [0.717, 1.165) is 0 Å². The van der Waals surface area contributed by atoms with E-state index < -0.39 is 0 Å². The minimum atomic E-state index is -0.263. The van der Waals surface area contributed by atoms with Gasteiger partial charge in [-0.1, -0.05) is 0 Å². The van der Waals surface area contributed by atoms with Gasteiger partial charge in [0.25, 0.3) is 5.91 Å². The number of nitrogens with one attached hydrogen (secondary N) is 1. The van der Waals surface area contributed by atoms with Crippen LogP contribution in [0.1, 0.15) is 12.8 Å². The Balaban J connectivity index is 1.88. The minimum Gasteiger partial charge on any atom is -0.371 e. The summed E-state index contributed by atoms with van der Waals surface area (Å²) >= 11 is 0. The third-order valence-corrected chi connectivity index (χ3v) is 1.44. The van der Waals surface area contributed by atoms with Gasteiger partial charge in [-0.2, -0.15) is 0 Å². The van der Waals surface area contributed by atoms with Gasteiger partial charge >= 0.3 is 0 Å². The third kappa shape index (κ3) is 2.80. The van der Waals surface area contributed by atoms with Crippen LogP contribution >= 0.6 is 0 Å². The van der Waals surface area contributed by atoms with E-state index in [0.29, 0.717) is 12.5 Å². The lowest BCUT2D eigenvalue weighted by molar-refractivity contribution is -0.125. The van der Waals surface area contributed by atoms with Crippen LogP contribution in [0.4, 0.5) is 0 Å². The number of hydrazine groups is 1. The second-order valence-electron chi connectivity index (χ2n) is 2.53. The van der Waals surface area contributed by atoms with E-state index in [1.807, 2.05) is 5.43 Å². The zero-order valence-electron chi connectivity index (χ0n) is 5.80. The highest BCUT2D eigenvalue weighted by Gasteiger charge is 2.21. The maximum absolute atomic E-state index is 10.5. The van der Waals surface area contributed by atoms with Gasteiger partial charge in [0.05, 0.1) is 6.61 Å². The first-order valence-corrected chi connectivity index (χ1v) is 3.40. The molecule has 0 spiro atoms. The third-order valence-electron chi connectivity index (χ3n) is 1.44. The highest BCUT2D eigenvalue weighted by Crippen LogP contribution is 2.28. The molecular weight excluding hydrogens is 132 g/mol. The molecule has 0 aromatic heterocycles. The maximum atomic E-state index is 10.5. The first-order chi connectivity index (χ1) is 4.83. The van der Waals surface area contributed by atoms with Gasteiger partial charge < -0.3 is 4.74 Å². The molecule has 1 fully saturated rings. The number of carbonyl (C=O) groups is 1. The van der Waals surface area contributed by atoms with Crippen LogP contribution in [0.25, 0.3) is 0 Å². The highest BCUT2D eigenvalue weighted by molar-refractivity contribution is 5.76. The fourth-order valence-corrected chi connectivity index (χ4v) is 0.644. The van der Waals surface area contributed by atoms with Crippen LogP contribution < -0.4 is 11.3 Å². The number of amides is 1. The van der Waals surface area contributed by atoms with Gasteiger partial charge in [0.1, 0.15) is 6.61 Å². The summed E-state index contributed by atoms with van der Waals surface area (Å²) in [7, 11) is 0. The summed E-state index contributed by atoms with van der Waals surface area (Å²) in [5.74, 6) is 5.26. The SMILES string of the molecule is NNC(=O)COCC1CC1. The summed E-state index contributed by atoms with van der Waals surface area (Å²) in [6, 6.07) is 0. The Labute approximate surface area is 59.7 Å². The van der Waals surface area contributed by atoms with Gasteiger partial charge in [0, 0.05) is 0 Å². The monoisotopic (exact) mass is 144 g/mol. The lowest BCUT2D eigenvalue weighted by Crippen LogP contribution is -2.33. The average Bonchev–Trinajstić information content (AvgIpc) is 2.71. The van der Waals surface area contributed by atoms with E-state index in [4.69, 9.17) is 10.6 Å². The van der Waals surface area contributed by atoms with E-state index in [9.17, 15) is 4.79 Å². The van der Waals surface area contributed by atoms with Crippen molar-refractivity contribution in [3.63, 3.8) is 0 Å². The topological polar surface area (TPSA) is 64.3 Å². The molecule has 0 bridgehead atoms. The molecule has 58 valence electrons. The van der Waals surface area contributed by atoms with Gasteiger partial charge in [-0.05, 0) is 18.8 Å². The van der Waals surface area contributed by atoms with Crippen LogP contribution in [-0.4, -0.2) is 19.1 Å². The Morgan fingerprint density at radius 1 is 1.70 bits per heavy atom. The van der Waals surface area contributed by atoms with Crippen molar-refractivity contribution < 1.29 is 9.53 Å². The second kappa shape index (κ2) is 3.53. The quantitative estimate of drug-likeness (QED) is 0.314. The fourth-order valence-electron chi connectivity index (χ4n) is 0.644. The summed E-state index contributed by atoms with van der Waals surface area (Å²) in [6.45, 7) is 0.792. The predicted octanol–water partition coefficient (Wildman–Crippen LogP) is -0.597. The van der Waals surface area contributed by atoms with Crippen LogP contribution in [0.3, 0.4) is 0 Å². The van der Waals surface area contributed by atoms with E-state index >= 15 is 0 Å². The molecule has 4 heteroatoms. The standard InChI is InChI=1S/C6H12N2O2/c7-8-6(9)4-10-3-5-1-2-5/h5H,1-4,7H2,(H,8,9). The van der Waals surface area contributed by atoms with Crippen molar-refractivity contribution in [1.29, 1.82) is 0 Å². The largest absolute Gasteiger partial charge is 0.371 e.